The van der Waals surface area contributed by atoms with Crippen molar-refractivity contribution in [3.05, 3.63) is 65.9 Å². The minimum absolute atomic E-state index is 0.515. The van der Waals surface area contributed by atoms with E-state index in [0.29, 0.717) is 11.7 Å². The van der Waals surface area contributed by atoms with Gasteiger partial charge in [0.15, 0.2) is 0 Å². The van der Waals surface area contributed by atoms with Crippen molar-refractivity contribution in [2.24, 2.45) is 0 Å². The van der Waals surface area contributed by atoms with Crippen LogP contribution in [0, 0.1) is 6.92 Å². The molecule has 0 aliphatic carbocycles. The van der Waals surface area contributed by atoms with Gasteiger partial charge < -0.3 is 20.1 Å². The molecule has 0 saturated heterocycles. The molecule has 0 radical (unpaired) electrons. The number of rotatable bonds is 8. The normalized spacial score (nSPS) is 10.3. The van der Waals surface area contributed by atoms with Crippen LogP contribution in [0.25, 0.3) is 0 Å². The van der Waals surface area contributed by atoms with E-state index in [4.69, 9.17) is 9.47 Å². The molecule has 0 amide bonds. The van der Waals surface area contributed by atoms with Crippen LogP contribution in [0.5, 0.6) is 11.5 Å². The van der Waals surface area contributed by atoms with E-state index >= 15 is 0 Å². The van der Waals surface area contributed by atoms with Gasteiger partial charge in [-0.15, -0.1) is 0 Å². The van der Waals surface area contributed by atoms with Crippen LogP contribution in [0.3, 0.4) is 0 Å². The van der Waals surface area contributed by atoms with Gasteiger partial charge in [0.05, 0.1) is 19.9 Å². The Balaban J connectivity index is 1.70. The van der Waals surface area contributed by atoms with Crippen LogP contribution < -0.4 is 20.1 Å². The van der Waals surface area contributed by atoms with Crippen LogP contribution in [-0.2, 0) is 6.42 Å². The second kappa shape index (κ2) is 8.89. The minimum Gasteiger partial charge on any atom is -0.497 e. The average Bonchev–Trinajstić information content (AvgIpc) is 2.69. The number of benzene rings is 2. The lowest BCUT2D eigenvalue weighted by Gasteiger charge is -2.13. The van der Waals surface area contributed by atoms with Crippen molar-refractivity contribution in [3.8, 4) is 11.5 Å². The Kier molecular flexibility index (Phi) is 6.10. The van der Waals surface area contributed by atoms with E-state index in [2.05, 4.69) is 44.9 Å². The Labute approximate surface area is 159 Å². The highest BCUT2D eigenvalue weighted by Gasteiger charge is 2.08. The number of hydrogen-bond acceptors (Lipinski definition) is 6. The van der Waals surface area contributed by atoms with Crippen LogP contribution >= 0.6 is 0 Å². The molecule has 0 saturated carbocycles. The summed E-state index contributed by atoms with van der Waals surface area (Å²) in [6.07, 6.45) is 0.930. The van der Waals surface area contributed by atoms with Gasteiger partial charge in [0.25, 0.3) is 0 Å². The number of aromatic nitrogens is 2. The molecule has 0 unspecified atom stereocenters. The lowest BCUT2D eigenvalue weighted by atomic mass is 10.1. The summed E-state index contributed by atoms with van der Waals surface area (Å²) in [5, 5.41) is 6.59. The molecule has 1 heterocycles. The predicted molar refractivity (Wildman–Crippen MR) is 108 cm³/mol. The van der Waals surface area contributed by atoms with Gasteiger partial charge in [0, 0.05) is 24.4 Å². The van der Waals surface area contributed by atoms with Gasteiger partial charge >= 0.3 is 0 Å². The van der Waals surface area contributed by atoms with E-state index in [0.717, 1.165) is 35.9 Å². The van der Waals surface area contributed by atoms with E-state index < -0.39 is 0 Å². The number of aryl methyl sites for hydroxylation is 1. The monoisotopic (exact) mass is 364 g/mol. The molecule has 0 atom stereocenters. The molecule has 27 heavy (non-hydrogen) atoms. The minimum atomic E-state index is 0.515. The first-order chi connectivity index (χ1) is 13.2. The van der Waals surface area contributed by atoms with E-state index in [9.17, 15) is 0 Å². The summed E-state index contributed by atoms with van der Waals surface area (Å²) in [5.41, 5.74) is 2.94. The highest BCUT2D eigenvalue weighted by molar-refractivity contribution is 5.65. The van der Waals surface area contributed by atoms with Crippen LogP contribution in [0.1, 0.15) is 11.3 Å². The molecule has 3 rings (SSSR count). The van der Waals surface area contributed by atoms with Gasteiger partial charge in [-0.3, -0.25) is 0 Å². The van der Waals surface area contributed by atoms with Crippen LogP contribution in [0.15, 0.2) is 54.6 Å². The Morgan fingerprint density at radius 2 is 1.74 bits per heavy atom. The van der Waals surface area contributed by atoms with Crippen molar-refractivity contribution in [2.75, 3.05) is 31.4 Å². The third-order valence-electron chi connectivity index (χ3n) is 4.07. The van der Waals surface area contributed by atoms with Crippen molar-refractivity contribution < 1.29 is 9.47 Å². The first kappa shape index (κ1) is 18.5. The van der Waals surface area contributed by atoms with E-state index in [1.807, 2.05) is 37.3 Å². The van der Waals surface area contributed by atoms with E-state index in [1.165, 1.54) is 5.56 Å². The zero-order chi connectivity index (χ0) is 19.1. The van der Waals surface area contributed by atoms with Gasteiger partial charge in [-0.1, -0.05) is 30.3 Å². The molecule has 2 aromatic carbocycles. The smallest absolute Gasteiger partial charge is 0.229 e. The molecule has 140 valence electrons. The average molecular weight is 364 g/mol. The molecule has 0 fully saturated rings. The molecule has 0 bridgehead atoms. The van der Waals surface area contributed by atoms with E-state index in [1.54, 1.807) is 14.2 Å². The number of nitrogens with zero attached hydrogens (tertiary/aromatic N) is 2. The molecule has 6 nitrogen and oxygen atoms in total. The number of methoxy groups -OCH3 is 2. The fraction of sp³-hybridized carbons (Fsp3) is 0.238. The maximum absolute atomic E-state index is 5.42. The maximum atomic E-state index is 5.42. The number of anilines is 3. The third-order valence-corrected chi connectivity index (χ3v) is 4.07. The van der Waals surface area contributed by atoms with Crippen molar-refractivity contribution in [2.45, 2.75) is 13.3 Å². The van der Waals surface area contributed by atoms with E-state index in [-0.39, 0.29) is 0 Å². The van der Waals surface area contributed by atoms with Gasteiger partial charge in [0.2, 0.25) is 5.95 Å². The van der Waals surface area contributed by atoms with Crippen LogP contribution in [0.2, 0.25) is 0 Å². The molecule has 0 spiro atoms. The topological polar surface area (TPSA) is 68.3 Å². The summed E-state index contributed by atoms with van der Waals surface area (Å²) >= 11 is 0. The zero-order valence-electron chi connectivity index (χ0n) is 15.8. The first-order valence-electron chi connectivity index (χ1n) is 8.80. The summed E-state index contributed by atoms with van der Waals surface area (Å²) in [5.74, 6) is 2.69. The Morgan fingerprint density at radius 3 is 2.48 bits per heavy atom. The van der Waals surface area contributed by atoms with Crippen LogP contribution in [0.4, 0.5) is 17.5 Å². The second-order valence-corrected chi connectivity index (χ2v) is 6.07. The summed E-state index contributed by atoms with van der Waals surface area (Å²) in [4.78, 5) is 9.02. The quantitative estimate of drug-likeness (QED) is 0.624. The van der Waals surface area contributed by atoms with Gasteiger partial charge in [0.1, 0.15) is 17.3 Å². The molecular weight excluding hydrogens is 340 g/mol. The van der Waals surface area contributed by atoms with Gasteiger partial charge in [-0.05, 0) is 31.0 Å². The van der Waals surface area contributed by atoms with Gasteiger partial charge in [-0.25, -0.2) is 4.98 Å². The number of nitrogens with one attached hydrogen (secondary N) is 2. The lowest BCUT2D eigenvalue weighted by Crippen LogP contribution is -2.09. The Hall–Kier alpha value is -3.28. The molecule has 1 aromatic heterocycles. The van der Waals surface area contributed by atoms with Gasteiger partial charge in [-0.2, -0.15) is 4.98 Å². The molecular formula is C21H24N4O2. The van der Waals surface area contributed by atoms with Crippen LogP contribution in [-0.4, -0.2) is 30.7 Å². The number of ether oxygens (including phenoxy) is 2. The van der Waals surface area contributed by atoms with Crippen molar-refractivity contribution in [3.63, 3.8) is 0 Å². The summed E-state index contributed by atoms with van der Waals surface area (Å²) in [6.45, 7) is 2.74. The highest BCUT2D eigenvalue weighted by Crippen LogP contribution is 2.30. The first-order valence-corrected chi connectivity index (χ1v) is 8.80. The Morgan fingerprint density at radius 1 is 0.926 bits per heavy atom. The largest absolute Gasteiger partial charge is 0.497 e. The predicted octanol–water partition coefficient (Wildman–Crippen LogP) is 4.20. The lowest BCUT2D eigenvalue weighted by molar-refractivity contribution is 0.395. The fourth-order valence-corrected chi connectivity index (χ4v) is 2.72. The fourth-order valence-electron chi connectivity index (χ4n) is 2.72. The number of hydrogen-bond donors (Lipinski definition) is 2. The zero-order valence-corrected chi connectivity index (χ0v) is 15.8. The summed E-state index contributed by atoms with van der Waals surface area (Å²) in [6, 6.07) is 17.9. The van der Waals surface area contributed by atoms with Crippen molar-refractivity contribution in [1.82, 2.24) is 9.97 Å². The maximum Gasteiger partial charge on any atom is 0.229 e. The standard InChI is InChI=1S/C21H24N4O2/c1-15-13-20(22-12-11-16-7-5-4-6-8-16)25-21(23-15)24-18-10-9-17(26-2)14-19(18)27-3/h4-10,13-14H,11-12H2,1-3H3,(H2,22,23,24,25). The summed E-state index contributed by atoms with van der Waals surface area (Å²) < 4.78 is 10.7. The third kappa shape index (κ3) is 5.10. The molecule has 3 aromatic rings. The molecule has 0 aliphatic heterocycles. The highest BCUT2D eigenvalue weighted by atomic mass is 16.5. The SMILES string of the molecule is COc1ccc(Nc2nc(C)cc(NCCc3ccccc3)n2)c(OC)c1. The van der Waals surface area contributed by atoms with Crippen molar-refractivity contribution >= 4 is 17.5 Å². The molecule has 0 aliphatic rings. The Bertz CT molecular complexity index is 885. The summed E-state index contributed by atoms with van der Waals surface area (Å²) in [7, 11) is 3.24. The second-order valence-electron chi connectivity index (χ2n) is 6.07. The van der Waals surface area contributed by atoms with Crippen molar-refractivity contribution in [1.29, 1.82) is 0 Å². The molecule has 2 N–H and O–H groups in total. The molecule has 6 heteroatoms.